The molecule has 1 aromatic rings. The molecule has 0 aromatic carbocycles. The molecule has 2 rings (SSSR count). The second-order valence-electron chi connectivity index (χ2n) is 5.01. The third-order valence-corrected chi connectivity index (χ3v) is 5.40. The van der Waals surface area contributed by atoms with E-state index in [1.807, 2.05) is 11.3 Å². The minimum Gasteiger partial charge on any atom is -0.381 e. The molecular weight excluding hydrogens is 310 g/mol. The third-order valence-electron chi connectivity index (χ3n) is 3.45. The lowest BCUT2D eigenvalue weighted by Gasteiger charge is -2.21. The van der Waals surface area contributed by atoms with E-state index in [0.29, 0.717) is 6.04 Å². The highest BCUT2D eigenvalue weighted by atomic mass is 79.9. The lowest BCUT2D eigenvalue weighted by Crippen LogP contribution is -2.33. The van der Waals surface area contributed by atoms with Gasteiger partial charge in [-0.15, -0.1) is 11.3 Å². The molecule has 2 heterocycles. The van der Waals surface area contributed by atoms with Crippen LogP contribution in [0.5, 0.6) is 0 Å². The summed E-state index contributed by atoms with van der Waals surface area (Å²) >= 11 is 5.48. The first-order valence-corrected chi connectivity index (χ1v) is 8.49. The van der Waals surface area contributed by atoms with E-state index in [-0.39, 0.29) is 0 Å². The summed E-state index contributed by atoms with van der Waals surface area (Å²) in [4.78, 5) is 1.46. The van der Waals surface area contributed by atoms with Crippen LogP contribution in [0.15, 0.2) is 15.9 Å². The van der Waals surface area contributed by atoms with Gasteiger partial charge < -0.3 is 10.1 Å². The summed E-state index contributed by atoms with van der Waals surface area (Å²) < 4.78 is 6.75. The fraction of sp³-hybridized carbons (Fsp3) is 0.714. The quantitative estimate of drug-likeness (QED) is 0.819. The second-order valence-corrected chi connectivity index (χ2v) is 6.87. The molecule has 0 spiro atoms. The number of ether oxygens (including phenoxy) is 1. The van der Waals surface area contributed by atoms with Crippen molar-refractivity contribution in [3.05, 3.63) is 20.8 Å². The molecule has 1 aliphatic heterocycles. The Bertz CT molecular complexity index is 349. The molecule has 2 nitrogen and oxygen atoms in total. The molecule has 1 N–H and O–H groups in total. The van der Waals surface area contributed by atoms with Crippen molar-refractivity contribution in [2.75, 3.05) is 19.8 Å². The molecule has 0 amide bonds. The van der Waals surface area contributed by atoms with Crippen LogP contribution in [0.25, 0.3) is 0 Å². The van der Waals surface area contributed by atoms with Gasteiger partial charge in [0, 0.05) is 28.6 Å². The van der Waals surface area contributed by atoms with E-state index in [2.05, 4.69) is 39.6 Å². The van der Waals surface area contributed by atoms with Crippen LogP contribution in [0.2, 0.25) is 0 Å². The summed E-state index contributed by atoms with van der Waals surface area (Å²) in [5.74, 6) is 0.748. The van der Waals surface area contributed by atoms with Crippen molar-refractivity contribution in [1.82, 2.24) is 5.32 Å². The van der Waals surface area contributed by atoms with E-state index in [1.54, 1.807) is 0 Å². The maximum absolute atomic E-state index is 5.49. The fourth-order valence-corrected chi connectivity index (χ4v) is 4.05. The van der Waals surface area contributed by atoms with Gasteiger partial charge in [-0.05, 0) is 65.5 Å². The highest BCUT2D eigenvalue weighted by Gasteiger charge is 2.21. The van der Waals surface area contributed by atoms with Crippen LogP contribution in [0.1, 0.15) is 31.1 Å². The number of thiophene rings is 1. The van der Waals surface area contributed by atoms with Crippen LogP contribution in [-0.2, 0) is 11.2 Å². The van der Waals surface area contributed by atoms with Gasteiger partial charge in [-0.3, -0.25) is 0 Å². The predicted octanol–water partition coefficient (Wildman–Crippen LogP) is 3.85. The zero-order chi connectivity index (χ0) is 12.8. The largest absolute Gasteiger partial charge is 0.381 e. The van der Waals surface area contributed by atoms with Crippen LogP contribution >= 0.6 is 27.3 Å². The number of hydrogen-bond acceptors (Lipinski definition) is 3. The summed E-state index contributed by atoms with van der Waals surface area (Å²) in [6.45, 7) is 5.24. The van der Waals surface area contributed by atoms with Crippen molar-refractivity contribution in [3.8, 4) is 0 Å². The van der Waals surface area contributed by atoms with Gasteiger partial charge >= 0.3 is 0 Å². The van der Waals surface area contributed by atoms with Crippen LogP contribution < -0.4 is 5.32 Å². The summed E-state index contributed by atoms with van der Waals surface area (Å²) in [5.41, 5.74) is 0. The predicted molar refractivity (Wildman–Crippen MR) is 81.3 cm³/mol. The number of hydrogen-bond donors (Lipinski definition) is 1. The average Bonchev–Trinajstić information content (AvgIpc) is 2.99. The first-order valence-electron chi connectivity index (χ1n) is 6.82. The number of rotatable bonds is 7. The van der Waals surface area contributed by atoms with E-state index in [4.69, 9.17) is 4.74 Å². The van der Waals surface area contributed by atoms with Gasteiger partial charge in [0.2, 0.25) is 0 Å². The fourth-order valence-electron chi connectivity index (χ4n) is 2.45. The van der Waals surface area contributed by atoms with Crippen molar-refractivity contribution in [3.63, 3.8) is 0 Å². The molecule has 1 fully saturated rings. The summed E-state index contributed by atoms with van der Waals surface area (Å²) in [7, 11) is 0. The van der Waals surface area contributed by atoms with Gasteiger partial charge in [-0.2, -0.15) is 0 Å². The Morgan fingerprint density at radius 3 is 3.11 bits per heavy atom. The van der Waals surface area contributed by atoms with Crippen molar-refractivity contribution >= 4 is 27.3 Å². The van der Waals surface area contributed by atoms with Gasteiger partial charge in [-0.25, -0.2) is 0 Å². The topological polar surface area (TPSA) is 21.3 Å². The highest BCUT2D eigenvalue weighted by Crippen LogP contribution is 2.26. The molecule has 0 radical (unpaired) electrons. The highest BCUT2D eigenvalue weighted by molar-refractivity contribution is 9.10. The molecule has 1 aromatic heterocycles. The van der Waals surface area contributed by atoms with Gasteiger partial charge in [0.05, 0.1) is 0 Å². The molecule has 1 saturated heterocycles. The summed E-state index contributed by atoms with van der Waals surface area (Å²) in [5, 5.41) is 5.85. The van der Waals surface area contributed by atoms with Crippen molar-refractivity contribution < 1.29 is 4.74 Å². The van der Waals surface area contributed by atoms with E-state index in [1.165, 1.54) is 28.6 Å². The van der Waals surface area contributed by atoms with Gasteiger partial charge in [-0.1, -0.05) is 6.92 Å². The molecule has 1 aliphatic rings. The van der Waals surface area contributed by atoms with Gasteiger partial charge in [0.1, 0.15) is 0 Å². The smallest absolute Gasteiger partial charge is 0.0495 e. The van der Waals surface area contributed by atoms with Crippen molar-refractivity contribution in [2.24, 2.45) is 5.92 Å². The first kappa shape index (κ1) is 14.5. The minimum atomic E-state index is 0.589. The zero-order valence-corrected chi connectivity index (χ0v) is 13.4. The Morgan fingerprint density at radius 1 is 1.61 bits per heavy atom. The molecule has 0 aliphatic carbocycles. The Kier molecular flexibility index (Phi) is 6.15. The van der Waals surface area contributed by atoms with Crippen molar-refractivity contribution in [1.29, 1.82) is 0 Å². The summed E-state index contributed by atoms with van der Waals surface area (Å²) in [6.07, 6.45) is 4.80. The first-order chi connectivity index (χ1) is 8.79. The standard InChI is InChI=1S/C14H22BrNOS/c1-2-5-16-12(8-11-3-6-17-10-11)9-14-13(15)4-7-18-14/h4,7,11-12,16H,2-3,5-6,8-10H2,1H3. The van der Waals surface area contributed by atoms with Crippen LogP contribution in [0.4, 0.5) is 0 Å². The molecule has 0 bridgehead atoms. The molecule has 2 unspecified atom stereocenters. The Hall–Kier alpha value is 0.1000. The van der Waals surface area contributed by atoms with Crippen LogP contribution in [-0.4, -0.2) is 25.8 Å². The Labute approximate surface area is 122 Å². The van der Waals surface area contributed by atoms with Gasteiger partial charge in [0.15, 0.2) is 0 Å². The second kappa shape index (κ2) is 7.63. The normalized spacial score (nSPS) is 21.3. The molecule has 4 heteroatoms. The third kappa shape index (κ3) is 4.34. The van der Waals surface area contributed by atoms with Crippen LogP contribution in [0.3, 0.4) is 0 Å². The van der Waals surface area contributed by atoms with E-state index < -0.39 is 0 Å². The number of halogens is 1. The summed E-state index contributed by atoms with van der Waals surface area (Å²) in [6, 6.07) is 2.74. The van der Waals surface area contributed by atoms with Crippen molar-refractivity contribution in [2.45, 2.75) is 38.6 Å². The monoisotopic (exact) mass is 331 g/mol. The van der Waals surface area contributed by atoms with E-state index >= 15 is 0 Å². The SMILES string of the molecule is CCCNC(Cc1sccc1Br)CC1CCOC1. The van der Waals surface area contributed by atoms with Gasteiger partial charge in [0.25, 0.3) is 0 Å². The molecule has 18 heavy (non-hydrogen) atoms. The lowest BCUT2D eigenvalue weighted by molar-refractivity contribution is 0.181. The lowest BCUT2D eigenvalue weighted by atomic mass is 9.96. The Balaban J connectivity index is 1.89. The molecule has 2 atom stereocenters. The molecule has 0 saturated carbocycles. The molecule has 102 valence electrons. The number of nitrogens with one attached hydrogen (secondary N) is 1. The maximum atomic E-state index is 5.49. The zero-order valence-electron chi connectivity index (χ0n) is 11.0. The van der Waals surface area contributed by atoms with E-state index in [9.17, 15) is 0 Å². The van der Waals surface area contributed by atoms with Crippen LogP contribution in [0, 0.1) is 5.92 Å². The average molecular weight is 332 g/mol. The minimum absolute atomic E-state index is 0.589. The Morgan fingerprint density at radius 2 is 2.50 bits per heavy atom. The maximum Gasteiger partial charge on any atom is 0.0495 e. The molecular formula is C14H22BrNOS. The van der Waals surface area contributed by atoms with E-state index in [0.717, 1.165) is 32.1 Å².